The molecule has 1 amide bonds. The van der Waals surface area contributed by atoms with Crippen LogP contribution in [-0.4, -0.2) is 11.9 Å². The Morgan fingerprint density at radius 3 is 2.52 bits per heavy atom. The number of esters is 1. The highest BCUT2D eigenvalue weighted by Gasteiger charge is 2.38. The largest absolute Gasteiger partial charge is 0.432 e. The Labute approximate surface area is 153 Å². The van der Waals surface area contributed by atoms with E-state index >= 15 is 0 Å². The van der Waals surface area contributed by atoms with Crippen molar-refractivity contribution in [2.24, 2.45) is 0 Å². The van der Waals surface area contributed by atoms with Crippen LogP contribution < -0.4 is 4.90 Å². The maximum Gasteiger partial charge on any atom is 0.342 e. The molecule has 1 aliphatic rings. The van der Waals surface area contributed by atoms with Crippen molar-refractivity contribution < 1.29 is 14.3 Å². The van der Waals surface area contributed by atoms with Crippen LogP contribution >= 0.6 is 22.9 Å². The number of amides is 1. The summed E-state index contributed by atoms with van der Waals surface area (Å²) in [6, 6.07) is 17.3. The first-order valence-corrected chi connectivity index (χ1v) is 8.83. The maximum absolute atomic E-state index is 13.2. The fourth-order valence-corrected chi connectivity index (χ4v) is 3.63. The maximum atomic E-state index is 13.2. The number of fused-ring (bicyclic) bond motifs is 1. The Morgan fingerprint density at radius 2 is 1.80 bits per heavy atom. The molecular formula is C19H12ClNO3S. The number of cyclic esters (lactones) is 1. The van der Waals surface area contributed by atoms with Gasteiger partial charge in [0.15, 0.2) is 0 Å². The third kappa shape index (κ3) is 2.81. The van der Waals surface area contributed by atoms with Crippen LogP contribution in [0.25, 0.3) is 0 Å². The molecule has 0 saturated carbocycles. The van der Waals surface area contributed by atoms with Gasteiger partial charge in [-0.15, -0.1) is 11.3 Å². The van der Waals surface area contributed by atoms with Crippen LogP contribution in [0.3, 0.4) is 0 Å². The van der Waals surface area contributed by atoms with Crippen molar-refractivity contribution in [2.75, 3.05) is 4.90 Å². The van der Waals surface area contributed by atoms with Gasteiger partial charge < -0.3 is 4.74 Å². The smallest absolute Gasteiger partial charge is 0.342 e. The third-order valence-electron chi connectivity index (χ3n) is 3.93. The quantitative estimate of drug-likeness (QED) is 0.602. The van der Waals surface area contributed by atoms with Gasteiger partial charge >= 0.3 is 5.97 Å². The first-order chi connectivity index (χ1) is 12.1. The van der Waals surface area contributed by atoms with Crippen molar-refractivity contribution in [3.63, 3.8) is 0 Å². The molecule has 3 aromatic rings. The number of para-hydroxylation sites is 1. The Kier molecular flexibility index (Phi) is 4.03. The first-order valence-electron chi connectivity index (χ1n) is 7.58. The van der Waals surface area contributed by atoms with Gasteiger partial charge in [0.25, 0.3) is 5.91 Å². The summed E-state index contributed by atoms with van der Waals surface area (Å²) in [6.07, 6.45) is -0.787. The molecule has 1 aromatic heterocycles. The number of rotatable bonds is 2. The van der Waals surface area contributed by atoms with E-state index in [9.17, 15) is 9.59 Å². The Balaban J connectivity index is 1.85. The van der Waals surface area contributed by atoms with Crippen molar-refractivity contribution in [3.8, 4) is 0 Å². The highest BCUT2D eigenvalue weighted by atomic mass is 35.5. The molecule has 0 N–H and O–H groups in total. The molecule has 2 heterocycles. The monoisotopic (exact) mass is 369 g/mol. The molecule has 4 rings (SSSR count). The number of ether oxygens (including phenoxy) is 1. The highest BCUT2D eigenvalue weighted by Crippen LogP contribution is 2.39. The lowest BCUT2D eigenvalue weighted by Gasteiger charge is -2.35. The zero-order chi connectivity index (χ0) is 17.4. The number of hydrogen-bond donors (Lipinski definition) is 0. The lowest BCUT2D eigenvalue weighted by molar-refractivity contribution is 0.0257. The third-order valence-corrected chi connectivity index (χ3v) is 5.09. The SMILES string of the molecule is O=C1OC(c2cccs2)N(C(=O)c2ccc(Cl)cc2)c2ccccc21. The predicted octanol–water partition coefficient (Wildman–Crippen LogP) is 4.92. The molecule has 0 saturated heterocycles. The first kappa shape index (κ1) is 15.9. The summed E-state index contributed by atoms with van der Waals surface area (Å²) < 4.78 is 5.59. The molecule has 6 heteroatoms. The number of benzene rings is 2. The molecular weight excluding hydrogens is 358 g/mol. The van der Waals surface area contributed by atoms with Crippen LogP contribution in [0.15, 0.2) is 66.0 Å². The summed E-state index contributed by atoms with van der Waals surface area (Å²) in [5.74, 6) is -0.691. The molecule has 124 valence electrons. The van der Waals surface area contributed by atoms with Crippen molar-refractivity contribution in [1.29, 1.82) is 0 Å². The van der Waals surface area contributed by atoms with Gasteiger partial charge in [-0.05, 0) is 47.8 Å². The fourth-order valence-electron chi connectivity index (χ4n) is 2.76. The molecule has 0 radical (unpaired) electrons. The Morgan fingerprint density at radius 1 is 1.04 bits per heavy atom. The summed E-state index contributed by atoms with van der Waals surface area (Å²) in [5, 5.41) is 2.44. The average Bonchev–Trinajstić information content (AvgIpc) is 3.16. The van der Waals surface area contributed by atoms with Gasteiger partial charge in [0.1, 0.15) is 0 Å². The van der Waals surface area contributed by atoms with Gasteiger partial charge in [-0.25, -0.2) is 4.79 Å². The number of thiophene rings is 1. The van der Waals surface area contributed by atoms with E-state index < -0.39 is 12.2 Å². The van der Waals surface area contributed by atoms with Gasteiger partial charge in [-0.3, -0.25) is 9.69 Å². The summed E-state index contributed by atoms with van der Waals surface area (Å²) in [6.45, 7) is 0. The van der Waals surface area contributed by atoms with E-state index in [1.807, 2.05) is 17.5 Å². The van der Waals surface area contributed by atoms with Crippen LogP contribution in [-0.2, 0) is 4.74 Å². The van der Waals surface area contributed by atoms with Crippen LogP contribution in [0, 0.1) is 0 Å². The molecule has 4 nitrogen and oxygen atoms in total. The minimum Gasteiger partial charge on any atom is -0.432 e. The summed E-state index contributed by atoms with van der Waals surface area (Å²) in [4.78, 5) is 27.9. The van der Waals surface area contributed by atoms with Crippen LogP contribution in [0.2, 0.25) is 5.02 Å². The number of halogens is 1. The topological polar surface area (TPSA) is 46.6 Å². The van der Waals surface area contributed by atoms with Crippen molar-refractivity contribution in [3.05, 3.63) is 87.1 Å². The molecule has 0 spiro atoms. The van der Waals surface area contributed by atoms with Crippen LogP contribution in [0.5, 0.6) is 0 Å². The Hall–Kier alpha value is -2.63. The molecule has 0 aliphatic carbocycles. The van der Waals surface area contributed by atoms with E-state index in [0.717, 1.165) is 4.88 Å². The molecule has 0 fully saturated rings. The number of carbonyl (C=O) groups excluding carboxylic acids is 2. The van der Waals surface area contributed by atoms with E-state index in [2.05, 4.69) is 0 Å². The molecule has 1 unspecified atom stereocenters. The van der Waals surface area contributed by atoms with Gasteiger partial charge in [-0.2, -0.15) is 0 Å². The Bertz CT molecular complexity index is 938. The van der Waals surface area contributed by atoms with E-state index in [0.29, 0.717) is 21.8 Å². The van der Waals surface area contributed by atoms with Gasteiger partial charge in [0, 0.05) is 10.6 Å². The molecule has 1 atom stereocenters. The minimum atomic E-state index is -0.787. The second kappa shape index (κ2) is 6.35. The lowest BCUT2D eigenvalue weighted by Crippen LogP contribution is -2.41. The van der Waals surface area contributed by atoms with E-state index in [4.69, 9.17) is 16.3 Å². The molecule has 25 heavy (non-hydrogen) atoms. The van der Waals surface area contributed by atoms with Crippen molar-refractivity contribution >= 4 is 40.5 Å². The molecule has 1 aliphatic heterocycles. The van der Waals surface area contributed by atoms with E-state index in [-0.39, 0.29) is 5.91 Å². The second-order valence-electron chi connectivity index (χ2n) is 5.47. The van der Waals surface area contributed by atoms with Gasteiger partial charge in [-0.1, -0.05) is 29.8 Å². The minimum absolute atomic E-state index is 0.255. The zero-order valence-electron chi connectivity index (χ0n) is 12.9. The number of hydrogen-bond acceptors (Lipinski definition) is 4. The predicted molar refractivity (Wildman–Crippen MR) is 97.2 cm³/mol. The standard InChI is InChI=1S/C19H12ClNO3S/c20-13-9-7-12(8-10-13)17(22)21-15-5-2-1-4-14(15)19(23)24-18(21)16-6-3-11-25-16/h1-11,18H. The normalized spacial score (nSPS) is 16.3. The highest BCUT2D eigenvalue weighted by molar-refractivity contribution is 7.10. The van der Waals surface area contributed by atoms with E-state index in [1.165, 1.54) is 16.2 Å². The van der Waals surface area contributed by atoms with E-state index in [1.54, 1.807) is 48.5 Å². The van der Waals surface area contributed by atoms with Gasteiger partial charge in [0.2, 0.25) is 6.23 Å². The number of nitrogens with zero attached hydrogens (tertiary/aromatic N) is 1. The summed E-state index contributed by atoms with van der Waals surface area (Å²) in [7, 11) is 0. The zero-order valence-corrected chi connectivity index (χ0v) is 14.5. The fraction of sp³-hybridized carbons (Fsp3) is 0.0526. The summed E-state index contributed by atoms with van der Waals surface area (Å²) in [5.41, 5.74) is 1.38. The molecule has 0 bridgehead atoms. The molecule has 2 aromatic carbocycles. The van der Waals surface area contributed by atoms with Gasteiger partial charge in [0.05, 0.1) is 16.1 Å². The lowest BCUT2D eigenvalue weighted by atomic mass is 10.1. The summed E-state index contributed by atoms with van der Waals surface area (Å²) >= 11 is 7.35. The number of anilines is 1. The van der Waals surface area contributed by atoms with Crippen LogP contribution in [0.4, 0.5) is 5.69 Å². The average molecular weight is 370 g/mol. The second-order valence-corrected chi connectivity index (χ2v) is 6.89. The van der Waals surface area contributed by atoms with Crippen molar-refractivity contribution in [1.82, 2.24) is 0 Å². The number of carbonyl (C=O) groups is 2. The van der Waals surface area contributed by atoms with Crippen LogP contribution in [0.1, 0.15) is 31.8 Å². The van der Waals surface area contributed by atoms with Crippen molar-refractivity contribution in [2.45, 2.75) is 6.23 Å².